The van der Waals surface area contributed by atoms with Crippen molar-refractivity contribution < 1.29 is 13.9 Å². The van der Waals surface area contributed by atoms with Crippen molar-refractivity contribution in [2.75, 3.05) is 18.5 Å². The molecule has 0 unspecified atom stereocenters. The molecule has 0 spiro atoms. The van der Waals surface area contributed by atoms with Gasteiger partial charge in [-0.3, -0.25) is 4.79 Å². The maximum atomic E-state index is 12.8. The number of amides is 1. The number of ether oxygens (including phenoxy) is 1. The fourth-order valence-electron chi connectivity index (χ4n) is 2.30. The van der Waals surface area contributed by atoms with E-state index in [0.717, 1.165) is 17.0 Å². The van der Waals surface area contributed by atoms with Gasteiger partial charge in [0, 0.05) is 6.54 Å². The Bertz CT molecular complexity index is 659. The van der Waals surface area contributed by atoms with E-state index >= 15 is 0 Å². The van der Waals surface area contributed by atoms with Crippen LogP contribution < -0.4 is 15.4 Å². The normalized spacial score (nSPS) is 11.6. The van der Waals surface area contributed by atoms with Gasteiger partial charge in [-0.1, -0.05) is 24.3 Å². The van der Waals surface area contributed by atoms with E-state index in [2.05, 4.69) is 10.6 Å². The van der Waals surface area contributed by atoms with Gasteiger partial charge in [-0.05, 0) is 50.1 Å². The van der Waals surface area contributed by atoms with Gasteiger partial charge < -0.3 is 15.4 Å². The van der Waals surface area contributed by atoms with E-state index in [-0.39, 0.29) is 17.8 Å². The van der Waals surface area contributed by atoms with E-state index in [0.29, 0.717) is 19.6 Å². The Kier molecular flexibility index (Phi) is 6.61. The van der Waals surface area contributed by atoms with Crippen LogP contribution in [0.1, 0.15) is 19.4 Å². The third kappa shape index (κ3) is 5.26. The molecule has 4 nitrogen and oxygen atoms in total. The number of para-hydroxylation sites is 2. The van der Waals surface area contributed by atoms with E-state index < -0.39 is 0 Å². The molecule has 0 fully saturated rings. The molecule has 0 radical (unpaired) electrons. The molecule has 128 valence electrons. The lowest BCUT2D eigenvalue weighted by atomic mass is 10.1. The molecule has 2 N–H and O–H groups in total. The van der Waals surface area contributed by atoms with Crippen LogP contribution in [-0.2, 0) is 11.2 Å². The molecule has 2 aromatic rings. The maximum Gasteiger partial charge on any atom is 0.242 e. The molecular weight excluding hydrogens is 307 g/mol. The number of rotatable bonds is 8. The molecule has 0 saturated carbocycles. The molecule has 0 aliphatic carbocycles. The van der Waals surface area contributed by atoms with Gasteiger partial charge in [-0.25, -0.2) is 4.39 Å². The molecule has 5 heteroatoms. The highest BCUT2D eigenvalue weighted by molar-refractivity contribution is 5.84. The minimum absolute atomic E-state index is 0.0941. The average Bonchev–Trinajstić information content (AvgIpc) is 2.58. The van der Waals surface area contributed by atoms with Crippen molar-refractivity contribution in [1.29, 1.82) is 0 Å². The monoisotopic (exact) mass is 330 g/mol. The van der Waals surface area contributed by atoms with E-state index in [1.54, 1.807) is 19.1 Å². The first-order valence-electron chi connectivity index (χ1n) is 8.10. The molecule has 0 aliphatic rings. The van der Waals surface area contributed by atoms with Crippen LogP contribution in [0.2, 0.25) is 0 Å². The third-order valence-electron chi connectivity index (χ3n) is 3.58. The minimum Gasteiger partial charge on any atom is -0.492 e. The van der Waals surface area contributed by atoms with E-state index in [4.69, 9.17) is 4.74 Å². The number of halogens is 1. The zero-order chi connectivity index (χ0) is 17.4. The molecule has 2 rings (SSSR count). The summed E-state index contributed by atoms with van der Waals surface area (Å²) in [6, 6.07) is 13.4. The van der Waals surface area contributed by atoms with Gasteiger partial charge in [0.15, 0.2) is 0 Å². The largest absolute Gasteiger partial charge is 0.492 e. The first-order chi connectivity index (χ1) is 11.6. The Hall–Kier alpha value is -2.56. The summed E-state index contributed by atoms with van der Waals surface area (Å²) >= 11 is 0. The first kappa shape index (κ1) is 17.8. The summed E-state index contributed by atoms with van der Waals surface area (Å²) in [4.78, 5) is 12.2. The van der Waals surface area contributed by atoms with Gasteiger partial charge in [0.05, 0.1) is 12.3 Å². The number of nitrogens with one attached hydrogen (secondary N) is 2. The summed E-state index contributed by atoms with van der Waals surface area (Å²) in [7, 11) is 0. The maximum absolute atomic E-state index is 12.8. The molecular formula is C19H23FN2O2. The molecule has 1 amide bonds. The van der Waals surface area contributed by atoms with Crippen molar-refractivity contribution in [3.05, 3.63) is 59.9 Å². The standard InChI is InChI=1S/C19H23FN2O2/c1-3-24-18-7-5-4-6-17(18)22-14(2)19(23)21-13-12-15-8-10-16(20)11-9-15/h4-11,14,22H,3,12-13H2,1-2H3,(H,21,23)/t14-/m0/s1. The zero-order valence-electron chi connectivity index (χ0n) is 14.0. The lowest BCUT2D eigenvalue weighted by Crippen LogP contribution is -2.38. The number of hydrogen-bond donors (Lipinski definition) is 2. The SMILES string of the molecule is CCOc1ccccc1N[C@@H](C)C(=O)NCCc1ccc(F)cc1. The smallest absolute Gasteiger partial charge is 0.242 e. The van der Waals surface area contributed by atoms with Crippen LogP contribution in [0.5, 0.6) is 5.75 Å². The Morgan fingerprint density at radius 1 is 1.17 bits per heavy atom. The number of hydrogen-bond acceptors (Lipinski definition) is 3. The second-order valence-electron chi connectivity index (χ2n) is 5.46. The van der Waals surface area contributed by atoms with Crippen LogP contribution in [0.25, 0.3) is 0 Å². The first-order valence-corrected chi connectivity index (χ1v) is 8.10. The molecule has 1 atom stereocenters. The summed E-state index contributed by atoms with van der Waals surface area (Å²) < 4.78 is 18.4. The quantitative estimate of drug-likeness (QED) is 0.780. The summed E-state index contributed by atoms with van der Waals surface area (Å²) in [5.74, 6) is 0.378. The van der Waals surface area contributed by atoms with E-state index in [1.807, 2.05) is 31.2 Å². The van der Waals surface area contributed by atoms with Gasteiger partial charge in [0.1, 0.15) is 17.6 Å². The van der Waals surface area contributed by atoms with Crippen molar-refractivity contribution >= 4 is 11.6 Å². The highest BCUT2D eigenvalue weighted by atomic mass is 19.1. The predicted octanol–water partition coefficient (Wildman–Crippen LogP) is 3.38. The van der Waals surface area contributed by atoms with Crippen LogP contribution in [0, 0.1) is 5.82 Å². The van der Waals surface area contributed by atoms with Gasteiger partial charge >= 0.3 is 0 Å². The predicted molar refractivity (Wildman–Crippen MR) is 93.8 cm³/mol. The lowest BCUT2D eigenvalue weighted by molar-refractivity contribution is -0.121. The summed E-state index contributed by atoms with van der Waals surface area (Å²) in [6.07, 6.45) is 0.661. The van der Waals surface area contributed by atoms with Gasteiger partial charge in [-0.15, -0.1) is 0 Å². The molecule has 0 heterocycles. The fourth-order valence-corrected chi connectivity index (χ4v) is 2.30. The summed E-state index contributed by atoms with van der Waals surface area (Å²) in [5.41, 5.74) is 1.78. The average molecular weight is 330 g/mol. The Morgan fingerprint density at radius 2 is 1.88 bits per heavy atom. The number of carbonyl (C=O) groups is 1. The molecule has 0 bridgehead atoms. The molecule has 0 aliphatic heterocycles. The Morgan fingerprint density at radius 3 is 2.58 bits per heavy atom. The van der Waals surface area contributed by atoms with Crippen LogP contribution in [-0.4, -0.2) is 25.1 Å². The summed E-state index contributed by atoms with van der Waals surface area (Å²) in [5, 5.41) is 6.05. The number of anilines is 1. The van der Waals surface area contributed by atoms with Crippen molar-refractivity contribution in [3.63, 3.8) is 0 Å². The second-order valence-corrected chi connectivity index (χ2v) is 5.46. The Labute approximate surface area is 142 Å². The minimum atomic E-state index is -0.389. The van der Waals surface area contributed by atoms with Gasteiger partial charge in [0.2, 0.25) is 5.91 Å². The topological polar surface area (TPSA) is 50.4 Å². The van der Waals surface area contributed by atoms with Crippen molar-refractivity contribution in [3.8, 4) is 5.75 Å². The third-order valence-corrected chi connectivity index (χ3v) is 3.58. The highest BCUT2D eigenvalue weighted by Crippen LogP contribution is 2.24. The van der Waals surface area contributed by atoms with Gasteiger partial charge in [0.25, 0.3) is 0 Å². The van der Waals surface area contributed by atoms with Crippen LogP contribution >= 0.6 is 0 Å². The van der Waals surface area contributed by atoms with E-state index in [1.165, 1.54) is 12.1 Å². The van der Waals surface area contributed by atoms with Crippen LogP contribution in [0.15, 0.2) is 48.5 Å². The van der Waals surface area contributed by atoms with Crippen LogP contribution in [0.3, 0.4) is 0 Å². The van der Waals surface area contributed by atoms with Crippen LogP contribution in [0.4, 0.5) is 10.1 Å². The van der Waals surface area contributed by atoms with Crippen molar-refractivity contribution in [2.45, 2.75) is 26.3 Å². The lowest BCUT2D eigenvalue weighted by Gasteiger charge is -2.17. The number of carbonyl (C=O) groups excluding carboxylic acids is 1. The molecule has 0 saturated heterocycles. The van der Waals surface area contributed by atoms with Crippen molar-refractivity contribution in [1.82, 2.24) is 5.32 Å². The fraction of sp³-hybridized carbons (Fsp3) is 0.316. The number of benzene rings is 2. The van der Waals surface area contributed by atoms with Gasteiger partial charge in [-0.2, -0.15) is 0 Å². The second kappa shape index (κ2) is 8.91. The summed E-state index contributed by atoms with van der Waals surface area (Å²) in [6.45, 7) is 4.79. The molecule has 0 aromatic heterocycles. The van der Waals surface area contributed by atoms with E-state index in [9.17, 15) is 9.18 Å². The molecule has 2 aromatic carbocycles. The highest BCUT2D eigenvalue weighted by Gasteiger charge is 2.14. The molecule has 24 heavy (non-hydrogen) atoms. The van der Waals surface area contributed by atoms with Crippen molar-refractivity contribution in [2.24, 2.45) is 0 Å². The Balaban J connectivity index is 1.83. The zero-order valence-corrected chi connectivity index (χ0v) is 14.0.